The summed E-state index contributed by atoms with van der Waals surface area (Å²) in [7, 11) is 0. The van der Waals surface area contributed by atoms with E-state index in [0.29, 0.717) is 5.56 Å². The van der Waals surface area contributed by atoms with Crippen LogP contribution in [0.1, 0.15) is 42.8 Å². The predicted molar refractivity (Wildman–Crippen MR) is 206 cm³/mol. The van der Waals surface area contributed by atoms with Gasteiger partial charge in [0.2, 0.25) is 0 Å². The topological polar surface area (TPSA) is 9.23 Å². The third-order valence-corrected chi connectivity index (χ3v) is 9.46. The third kappa shape index (κ3) is 4.27. The molecule has 0 unspecified atom stereocenters. The molecule has 1 heterocycles. The lowest BCUT2D eigenvalue weighted by atomic mass is 9.66. The van der Waals surface area contributed by atoms with Gasteiger partial charge in [-0.05, 0) is 84.9 Å². The quantitative estimate of drug-likeness (QED) is 0.184. The van der Waals surface area contributed by atoms with Crippen LogP contribution in [0.3, 0.4) is 0 Å². The lowest BCUT2D eigenvalue weighted by Crippen LogP contribution is -2.32. The number of fused-ring (bicyclic) bond motifs is 9. The van der Waals surface area contributed by atoms with E-state index in [0.717, 1.165) is 33.4 Å². The van der Waals surface area contributed by atoms with Crippen molar-refractivity contribution in [3.63, 3.8) is 0 Å². The first-order valence-corrected chi connectivity index (χ1v) is 16.0. The maximum atomic E-state index is 9.78. The fourth-order valence-corrected chi connectivity index (χ4v) is 7.21. The van der Waals surface area contributed by atoms with Crippen molar-refractivity contribution < 1.29 is 25.3 Å². The third-order valence-electron chi connectivity index (χ3n) is 9.46. The molecule has 0 saturated carbocycles. The lowest BCUT2D eigenvalue weighted by Gasteiger charge is -2.39. The minimum atomic E-state index is -2.54. The fraction of sp³-hybridized carbons (Fsp3) is 0.0204. The van der Waals surface area contributed by atoms with E-state index in [4.69, 9.17) is 17.1 Å². The van der Waals surface area contributed by atoms with E-state index in [2.05, 4.69) is 12.1 Å². The molecule has 0 saturated heterocycles. The summed E-state index contributed by atoms with van der Waals surface area (Å²) in [5.74, 6) is -1.05. The van der Waals surface area contributed by atoms with Gasteiger partial charge >= 0.3 is 0 Å². The van der Waals surface area contributed by atoms with Crippen LogP contribution in [0.5, 0.6) is 11.5 Å². The molecule has 0 N–H and O–H groups in total. The first-order chi connectivity index (χ1) is 31.0. The molecule has 0 fully saturated rings. The number of rotatable bonds is 4. The lowest BCUT2D eigenvalue weighted by molar-refractivity contribution is 0.436. The van der Waals surface area contributed by atoms with Crippen molar-refractivity contribution in [2.45, 2.75) is 5.41 Å². The molecule has 0 amide bonds. The number of para-hydroxylation sites is 1. The van der Waals surface area contributed by atoms with Crippen LogP contribution in [0.15, 0.2) is 194 Å². The van der Waals surface area contributed by atoms with Crippen molar-refractivity contribution in [3.8, 4) is 67.1 Å². The summed E-state index contributed by atoms with van der Waals surface area (Å²) in [6.07, 6.45) is 0. The first-order valence-electron chi connectivity index (χ1n) is 23.5. The molecule has 234 valence electrons. The van der Waals surface area contributed by atoms with Crippen molar-refractivity contribution in [1.82, 2.24) is 0 Å². The Labute approximate surface area is 313 Å². The second kappa shape index (κ2) is 11.3. The van der Waals surface area contributed by atoms with Crippen LogP contribution in [0.25, 0.3) is 55.6 Å². The molecule has 8 aromatic rings. The van der Waals surface area contributed by atoms with E-state index in [-0.39, 0.29) is 16.7 Å². The van der Waals surface area contributed by atoms with E-state index in [1.54, 1.807) is 12.1 Å². The Morgan fingerprint density at radius 2 is 0.880 bits per heavy atom. The Balaban J connectivity index is 1.24. The van der Waals surface area contributed by atoms with Gasteiger partial charge in [0.15, 0.2) is 0 Å². The predicted octanol–water partition coefficient (Wildman–Crippen LogP) is 12.8. The second-order valence-corrected chi connectivity index (χ2v) is 12.1. The molecule has 0 atom stereocenters. The summed E-state index contributed by atoms with van der Waals surface area (Å²) in [5, 5.41) is 0. The highest BCUT2D eigenvalue weighted by Gasteiger charge is 2.50. The standard InChI is InChI=1S/C49H32O/c1-3-13-35(14-4-1)39-29-27-37(31-42(39)36-15-5-2-6-16-36)33-23-25-34(26-24-33)38-28-30-46-48(32-38)50-47-22-12-11-21-45(47)49(46)43-19-9-7-17-40(43)41-18-8-10-20-44(41)49/h1-32H/i7D,8D,9D,10D,11D,12D,17D,18D,19D,20D,21D,22D,28D,30D,32D. The second-order valence-electron chi connectivity index (χ2n) is 12.1. The van der Waals surface area contributed by atoms with Crippen molar-refractivity contribution in [2.24, 2.45) is 0 Å². The molecular weight excluding hydrogens is 605 g/mol. The fourth-order valence-electron chi connectivity index (χ4n) is 7.21. The molecule has 0 aromatic heterocycles. The molecule has 10 rings (SSSR count). The van der Waals surface area contributed by atoms with Crippen molar-refractivity contribution in [3.05, 3.63) is 216 Å². The minimum Gasteiger partial charge on any atom is -0.457 e. The number of hydrogen-bond donors (Lipinski definition) is 0. The molecule has 1 heteroatoms. The SMILES string of the molecule is [2H]c1c([2H])c([2H])c2c(c1[2H])Oc1c([2H])c(-c3ccc(-c4ccc(-c5ccccc5)c(-c5ccccc5)c4)cc3)c([2H])c([2H])c1C21c2c([2H])c([2H])c([2H])c([2H])c2-c2c([2H])c([2H])c([2H])c([2H])c21. The van der Waals surface area contributed by atoms with Crippen LogP contribution < -0.4 is 4.74 Å². The van der Waals surface area contributed by atoms with Crippen LogP contribution in [0.4, 0.5) is 0 Å². The summed E-state index contributed by atoms with van der Waals surface area (Å²) in [6, 6.07) is 22.5. The molecule has 1 nitrogen and oxygen atoms in total. The molecule has 1 aliphatic heterocycles. The molecule has 0 bridgehead atoms. The number of hydrogen-bond acceptors (Lipinski definition) is 1. The summed E-state index contributed by atoms with van der Waals surface area (Å²) >= 11 is 0. The van der Waals surface area contributed by atoms with Gasteiger partial charge in [-0.2, -0.15) is 0 Å². The molecule has 0 radical (unpaired) electrons. The number of ether oxygens (including phenoxy) is 1. The molecule has 8 aromatic carbocycles. The van der Waals surface area contributed by atoms with E-state index < -0.39 is 130 Å². The molecular formula is C49H32O. The van der Waals surface area contributed by atoms with Crippen LogP contribution in [-0.2, 0) is 5.41 Å². The van der Waals surface area contributed by atoms with E-state index in [1.807, 2.05) is 78.9 Å². The first kappa shape index (κ1) is 17.3. The largest absolute Gasteiger partial charge is 0.457 e. The highest BCUT2D eigenvalue weighted by molar-refractivity contribution is 5.90. The summed E-state index contributed by atoms with van der Waals surface area (Å²) < 4.78 is 143. The Morgan fingerprint density at radius 3 is 1.54 bits per heavy atom. The zero-order valence-corrected chi connectivity index (χ0v) is 26.2. The molecule has 50 heavy (non-hydrogen) atoms. The van der Waals surface area contributed by atoms with E-state index in [9.17, 15) is 8.22 Å². The number of benzene rings is 8. The van der Waals surface area contributed by atoms with Crippen LogP contribution in [0.2, 0.25) is 0 Å². The summed E-state index contributed by atoms with van der Waals surface area (Å²) in [5.41, 5.74) is 0.981. The Hall–Kier alpha value is -6.44. The molecule has 1 spiro atoms. The highest BCUT2D eigenvalue weighted by atomic mass is 16.5. The van der Waals surface area contributed by atoms with Crippen molar-refractivity contribution >= 4 is 0 Å². The Bertz CT molecular complexity index is 3320. The zero-order valence-electron chi connectivity index (χ0n) is 41.2. The van der Waals surface area contributed by atoms with Crippen molar-refractivity contribution in [1.29, 1.82) is 0 Å². The van der Waals surface area contributed by atoms with Gasteiger partial charge in [0, 0.05) is 11.1 Å². The van der Waals surface area contributed by atoms with Gasteiger partial charge in [-0.3, -0.25) is 0 Å². The van der Waals surface area contributed by atoms with Gasteiger partial charge < -0.3 is 4.74 Å². The van der Waals surface area contributed by atoms with E-state index >= 15 is 0 Å². The maximum Gasteiger partial charge on any atom is 0.132 e. The van der Waals surface area contributed by atoms with Gasteiger partial charge in [0.1, 0.15) is 11.5 Å². The monoisotopic (exact) mass is 651 g/mol. The highest BCUT2D eigenvalue weighted by Crippen LogP contribution is 2.62. The zero-order chi connectivity index (χ0) is 46.1. The van der Waals surface area contributed by atoms with Crippen LogP contribution in [0, 0.1) is 0 Å². The summed E-state index contributed by atoms with van der Waals surface area (Å²) in [4.78, 5) is 0. The van der Waals surface area contributed by atoms with Crippen LogP contribution >= 0.6 is 0 Å². The van der Waals surface area contributed by atoms with Crippen molar-refractivity contribution in [2.75, 3.05) is 0 Å². The van der Waals surface area contributed by atoms with Gasteiger partial charge in [0.05, 0.1) is 26.0 Å². The maximum absolute atomic E-state index is 9.78. The average molecular weight is 652 g/mol. The van der Waals surface area contributed by atoms with Gasteiger partial charge in [-0.15, -0.1) is 0 Å². The Kier molecular flexibility index (Phi) is 3.92. The minimum absolute atomic E-state index is 0.0903. The van der Waals surface area contributed by atoms with Gasteiger partial charge in [-0.1, -0.05) is 176 Å². The van der Waals surface area contributed by atoms with Crippen LogP contribution in [-0.4, -0.2) is 0 Å². The normalized spacial score (nSPS) is 17.3. The molecule has 2 aliphatic rings. The van der Waals surface area contributed by atoms with E-state index in [1.165, 1.54) is 0 Å². The van der Waals surface area contributed by atoms with Gasteiger partial charge in [0.25, 0.3) is 0 Å². The summed E-state index contributed by atoms with van der Waals surface area (Å²) in [6.45, 7) is 0. The molecule has 1 aliphatic carbocycles. The smallest absolute Gasteiger partial charge is 0.132 e. The average Bonchev–Trinajstić information content (AvgIpc) is 3.63. The Morgan fingerprint density at radius 1 is 0.360 bits per heavy atom. The van der Waals surface area contributed by atoms with Gasteiger partial charge in [-0.25, -0.2) is 0 Å².